The van der Waals surface area contributed by atoms with Crippen molar-refractivity contribution in [1.29, 1.82) is 0 Å². The van der Waals surface area contributed by atoms with Crippen molar-refractivity contribution in [3.63, 3.8) is 0 Å². The Morgan fingerprint density at radius 2 is 1.37 bits per heavy atom. The number of nitrogen functional groups attached to an aromatic ring is 1. The molecule has 0 radical (unpaired) electrons. The monoisotopic (exact) mass is 520 g/mol. The minimum absolute atomic E-state index is 0.106. The second kappa shape index (κ2) is 11.6. The molecule has 1 aliphatic rings. The maximum absolute atomic E-state index is 13.2. The Morgan fingerprint density at radius 1 is 0.868 bits per heavy atom. The van der Waals surface area contributed by atoms with Crippen LogP contribution in [0.2, 0.25) is 0 Å². The van der Waals surface area contributed by atoms with E-state index < -0.39 is 4.75 Å². The number of carbonyl (C=O) groups excluding carboxylic acids is 1. The molecular weight excluding hydrogens is 488 g/mol. The summed E-state index contributed by atoms with van der Waals surface area (Å²) >= 11 is 1.91. The van der Waals surface area contributed by atoms with Gasteiger partial charge in [0.15, 0.2) is 0 Å². The maximum atomic E-state index is 13.2. The number of rotatable bonds is 8. The molecule has 0 saturated carbocycles. The van der Waals surface area contributed by atoms with E-state index in [2.05, 4.69) is 97.6 Å². The molecule has 0 spiro atoms. The Labute approximate surface area is 229 Å². The smallest absolute Gasteiger partial charge is 0.410 e. The lowest BCUT2D eigenvalue weighted by Crippen LogP contribution is -2.33. The SMILES string of the molecule is C=CCOC(=O)N1C[C@@H](SC(c2ccccc2)(c2ccccc2)c2ccccc2)C[C@@H]1c1ccc(N)cc1. The topological polar surface area (TPSA) is 55.6 Å². The summed E-state index contributed by atoms with van der Waals surface area (Å²) in [5.74, 6) is 0. The van der Waals surface area contributed by atoms with Gasteiger partial charge in [0.05, 0.1) is 10.8 Å². The predicted molar refractivity (Wildman–Crippen MR) is 157 cm³/mol. The van der Waals surface area contributed by atoms with Crippen LogP contribution in [0.15, 0.2) is 128 Å². The van der Waals surface area contributed by atoms with Gasteiger partial charge in [0, 0.05) is 17.5 Å². The van der Waals surface area contributed by atoms with Crippen LogP contribution in [0.5, 0.6) is 0 Å². The average Bonchev–Trinajstić information content (AvgIpc) is 3.40. The van der Waals surface area contributed by atoms with Crippen molar-refractivity contribution in [2.24, 2.45) is 0 Å². The third-order valence-corrected chi connectivity index (χ3v) is 8.76. The van der Waals surface area contributed by atoms with Crippen LogP contribution >= 0.6 is 11.8 Å². The first kappa shape index (κ1) is 25.7. The number of benzene rings is 4. The van der Waals surface area contributed by atoms with Gasteiger partial charge in [-0.25, -0.2) is 4.79 Å². The Bertz CT molecular complexity index is 1250. The van der Waals surface area contributed by atoms with Crippen LogP contribution in [-0.2, 0) is 9.48 Å². The van der Waals surface area contributed by atoms with Crippen molar-refractivity contribution in [3.05, 3.63) is 150 Å². The number of hydrogen-bond donors (Lipinski definition) is 1. The second-order valence-electron chi connectivity index (χ2n) is 9.46. The van der Waals surface area contributed by atoms with Gasteiger partial charge in [-0.15, -0.1) is 11.8 Å². The zero-order chi connectivity index (χ0) is 26.4. The molecule has 4 aromatic carbocycles. The fourth-order valence-electron chi connectivity index (χ4n) is 5.30. The molecule has 0 unspecified atom stereocenters. The zero-order valence-corrected chi connectivity index (χ0v) is 22.1. The number of carbonyl (C=O) groups is 1. The van der Waals surface area contributed by atoms with Gasteiger partial charge >= 0.3 is 6.09 Å². The van der Waals surface area contributed by atoms with Gasteiger partial charge in [-0.1, -0.05) is 116 Å². The van der Waals surface area contributed by atoms with Gasteiger partial charge in [0.1, 0.15) is 6.61 Å². The molecular formula is C33H32N2O2S. The van der Waals surface area contributed by atoms with Crippen LogP contribution in [0.3, 0.4) is 0 Å². The molecule has 38 heavy (non-hydrogen) atoms. The van der Waals surface area contributed by atoms with Crippen molar-refractivity contribution in [2.75, 3.05) is 18.9 Å². The first-order valence-electron chi connectivity index (χ1n) is 12.9. The van der Waals surface area contributed by atoms with E-state index in [0.29, 0.717) is 12.2 Å². The van der Waals surface area contributed by atoms with E-state index in [9.17, 15) is 4.79 Å². The molecule has 5 rings (SSSR count). The van der Waals surface area contributed by atoms with Crippen LogP contribution in [0, 0.1) is 0 Å². The number of thioether (sulfide) groups is 1. The third kappa shape index (κ3) is 5.20. The van der Waals surface area contributed by atoms with Crippen LogP contribution < -0.4 is 5.73 Å². The molecule has 0 bridgehead atoms. The van der Waals surface area contributed by atoms with Crippen LogP contribution in [0.1, 0.15) is 34.7 Å². The number of hydrogen-bond acceptors (Lipinski definition) is 4. The molecule has 1 heterocycles. The molecule has 2 atom stereocenters. The van der Waals surface area contributed by atoms with Gasteiger partial charge in [0.2, 0.25) is 0 Å². The summed E-state index contributed by atoms with van der Waals surface area (Å²) in [7, 11) is 0. The van der Waals surface area contributed by atoms with E-state index in [-0.39, 0.29) is 24.0 Å². The number of nitrogens with two attached hydrogens (primary N) is 1. The van der Waals surface area contributed by atoms with E-state index in [4.69, 9.17) is 10.5 Å². The van der Waals surface area contributed by atoms with E-state index in [1.54, 1.807) is 6.08 Å². The van der Waals surface area contributed by atoms with Crippen molar-refractivity contribution in [1.82, 2.24) is 4.90 Å². The van der Waals surface area contributed by atoms with E-state index in [1.807, 2.05) is 40.9 Å². The van der Waals surface area contributed by atoms with Crippen molar-refractivity contribution in [2.45, 2.75) is 22.5 Å². The Kier molecular flexibility index (Phi) is 7.85. The minimum Gasteiger partial charge on any atom is -0.445 e. The Morgan fingerprint density at radius 3 is 1.84 bits per heavy atom. The summed E-state index contributed by atoms with van der Waals surface area (Å²) in [6.07, 6.45) is 2.08. The highest BCUT2D eigenvalue weighted by Crippen LogP contribution is 2.53. The van der Waals surface area contributed by atoms with Crippen molar-refractivity contribution in [3.8, 4) is 0 Å². The highest BCUT2D eigenvalue weighted by Gasteiger charge is 2.44. The van der Waals surface area contributed by atoms with Gasteiger partial charge in [-0.2, -0.15) is 0 Å². The molecule has 1 saturated heterocycles. The molecule has 1 aliphatic heterocycles. The zero-order valence-electron chi connectivity index (χ0n) is 21.3. The molecule has 1 fully saturated rings. The lowest BCUT2D eigenvalue weighted by atomic mass is 9.84. The predicted octanol–water partition coefficient (Wildman–Crippen LogP) is 7.43. The summed E-state index contributed by atoms with van der Waals surface area (Å²) in [6.45, 7) is 4.45. The van der Waals surface area contributed by atoms with Crippen LogP contribution in [0.4, 0.5) is 10.5 Å². The number of nitrogens with zero attached hydrogens (tertiary/aromatic N) is 1. The lowest BCUT2D eigenvalue weighted by Gasteiger charge is -2.37. The fraction of sp³-hybridized carbons (Fsp3) is 0.182. The summed E-state index contributed by atoms with van der Waals surface area (Å²) in [4.78, 5) is 15.1. The van der Waals surface area contributed by atoms with Crippen molar-refractivity contribution >= 4 is 23.5 Å². The molecule has 2 N–H and O–H groups in total. The molecule has 0 aromatic heterocycles. The molecule has 4 aromatic rings. The second-order valence-corrected chi connectivity index (χ2v) is 11.0. The first-order valence-corrected chi connectivity index (χ1v) is 13.7. The van der Waals surface area contributed by atoms with E-state index in [0.717, 1.165) is 12.0 Å². The van der Waals surface area contributed by atoms with Gasteiger partial charge in [-0.05, 0) is 40.8 Å². The molecule has 192 valence electrons. The summed E-state index contributed by atoms with van der Waals surface area (Å²) in [5, 5.41) is 0.148. The number of anilines is 1. The normalized spacial score (nSPS) is 17.2. The Hall–Kier alpha value is -3.96. The van der Waals surface area contributed by atoms with Crippen LogP contribution in [0.25, 0.3) is 0 Å². The van der Waals surface area contributed by atoms with E-state index in [1.165, 1.54) is 16.7 Å². The standard InChI is InChI=1S/C33H32N2O2S/c1-2-22-37-32(36)35-24-30(23-31(35)25-18-20-29(34)21-19-25)38-33(26-12-6-3-7-13-26,27-14-8-4-9-15-27)28-16-10-5-11-17-28/h2-21,30-31H,1,22-24,34H2/t30-,31+/m0/s1. The molecule has 0 aliphatic carbocycles. The largest absolute Gasteiger partial charge is 0.445 e. The fourth-order valence-corrected chi connectivity index (χ4v) is 7.13. The highest BCUT2D eigenvalue weighted by atomic mass is 32.2. The first-order chi connectivity index (χ1) is 18.6. The number of likely N-dealkylation sites (tertiary alicyclic amines) is 1. The molecule has 1 amide bonds. The third-order valence-electron chi connectivity index (χ3n) is 7.03. The average molecular weight is 521 g/mol. The molecule has 5 heteroatoms. The maximum Gasteiger partial charge on any atom is 0.410 e. The van der Waals surface area contributed by atoms with Gasteiger partial charge in [-0.3, -0.25) is 0 Å². The quantitative estimate of drug-likeness (QED) is 0.149. The number of amides is 1. The Balaban J connectivity index is 1.58. The summed E-state index contributed by atoms with van der Waals surface area (Å²) in [5.41, 5.74) is 11.4. The summed E-state index contributed by atoms with van der Waals surface area (Å²) < 4.78 is 5.06. The summed E-state index contributed by atoms with van der Waals surface area (Å²) in [6, 6.07) is 39.7. The minimum atomic E-state index is -0.457. The number of ether oxygens (including phenoxy) is 1. The van der Waals surface area contributed by atoms with E-state index >= 15 is 0 Å². The highest BCUT2D eigenvalue weighted by molar-refractivity contribution is 8.01. The van der Waals surface area contributed by atoms with Gasteiger partial charge in [0.25, 0.3) is 0 Å². The van der Waals surface area contributed by atoms with Crippen LogP contribution in [-0.4, -0.2) is 29.4 Å². The van der Waals surface area contributed by atoms with Crippen molar-refractivity contribution < 1.29 is 9.53 Å². The molecule has 4 nitrogen and oxygen atoms in total. The van der Waals surface area contributed by atoms with Gasteiger partial charge < -0.3 is 15.4 Å². The lowest BCUT2D eigenvalue weighted by molar-refractivity contribution is 0.108.